The topological polar surface area (TPSA) is 41.6 Å². The fourth-order valence-electron chi connectivity index (χ4n) is 2.71. The molecule has 126 valence electrons. The number of hydrogen-bond donors (Lipinski definition) is 1. The molecule has 0 rings (SSSR count). The van der Waals surface area contributed by atoms with Crippen LogP contribution in [0.1, 0.15) is 60.3 Å². The van der Waals surface area contributed by atoms with Gasteiger partial charge in [-0.2, -0.15) is 0 Å². The Balaban J connectivity index is 4.17. The predicted molar refractivity (Wildman–Crippen MR) is 89.5 cm³/mol. The molecule has 2 unspecified atom stereocenters. The number of carbonyl (C=O) groups is 1. The summed E-state index contributed by atoms with van der Waals surface area (Å²) in [4.78, 5) is 14.4. The zero-order chi connectivity index (χ0) is 16.5. The molecule has 0 radical (unpaired) electrons. The van der Waals surface area contributed by atoms with Gasteiger partial charge < -0.3 is 9.64 Å². The van der Waals surface area contributed by atoms with E-state index in [-0.39, 0.29) is 12.0 Å². The van der Waals surface area contributed by atoms with E-state index in [4.69, 9.17) is 4.74 Å². The zero-order valence-corrected chi connectivity index (χ0v) is 15.2. The lowest BCUT2D eigenvalue weighted by atomic mass is 9.93. The molecule has 2 atom stereocenters. The van der Waals surface area contributed by atoms with Crippen LogP contribution >= 0.6 is 0 Å². The van der Waals surface area contributed by atoms with Crippen LogP contribution in [0.25, 0.3) is 0 Å². The monoisotopic (exact) mass is 300 g/mol. The SMILES string of the molecule is CCC(C)CN(C)CCCCC(C)(NC(C)C)C(=O)OC. The summed E-state index contributed by atoms with van der Waals surface area (Å²) < 4.78 is 4.95. The third-order valence-corrected chi connectivity index (χ3v) is 4.03. The number of unbranched alkanes of at least 4 members (excludes halogenated alkanes) is 1. The maximum Gasteiger partial charge on any atom is 0.325 e. The third-order valence-electron chi connectivity index (χ3n) is 4.03. The number of esters is 1. The predicted octanol–water partition coefficient (Wildman–Crippen LogP) is 3.06. The Labute approximate surface area is 131 Å². The lowest BCUT2D eigenvalue weighted by Gasteiger charge is -2.30. The van der Waals surface area contributed by atoms with Crippen LogP contribution in [0.15, 0.2) is 0 Å². The lowest BCUT2D eigenvalue weighted by molar-refractivity contribution is -0.148. The van der Waals surface area contributed by atoms with Crippen LogP contribution in [0.5, 0.6) is 0 Å². The molecule has 0 aromatic carbocycles. The molecule has 0 aliphatic rings. The van der Waals surface area contributed by atoms with Gasteiger partial charge in [0.25, 0.3) is 0 Å². The van der Waals surface area contributed by atoms with Gasteiger partial charge in [0, 0.05) is 12.6 Å². The number of carbonyl (C=O) groups excluding carboxylic acids is 1. The van der Waals surface area contributed by atoms with Crippen LogP contribution in [-0.4, -0.2) is 49.7 Å². The molecule has 4 nitrogen and oxygen atoms in total. The van der Waals surface area contributed by atoms with Crippen LogP contribution in [0.2, 0.25) is 0 Å². The molecule has 0 bridgehead atoms. The van der Waals surface area contributed by atoms with Crippen molar-refractivity contribution in [3.63, 3.8) is 0 Å². The molecular formula is C17H36N2O2. The van der Waals surface area contributed by atoms with Gasteiger partial charge in [0.05, 0.1) is 7.11 Å². The van der Waals surface area contributed by atoms with Gasteiger partial charge in [-0.15, -0.1) is 0 Å². The minimum atomic E-state index is -0.571. The zero-order valence-electron chi connectivity index (χ0n) is 15.2. The summed E-state index contributed by atoms with van der Waals surface area (Å²) in [7, 11) is 3.64. The highest BCUT2D eigenvalue weighted by Crippen LogP contribution is 2.17. The van der Waals surface area contributed by atoms with Crippen LogP contribution in [0.4, 0.5) is 0 Å². The van der Waals surface area contributed by atoms with Crippen molar-refractivity contribution >= 4 is 5.97 Å². The minimum Gasteiger partial charge on any atom is -0.468 e. The molecule has 0 fully saturated rings. The lowest BCUT2D eigenvalue weighted by Crippen LogP contribution is -2.53. The van der Waals surface area contributed by atoms with Crippen molar-refractivity contribution in [3.05, 3.63) is 0 Å². The first-order valence-corrected chi connectivity index (χ1v) is 8.29. The van der Waals surface area contributed by atoms with Gasteiger partial charge >= 0.3 is 5.97 Å². The summed E-state index contributed by atoms with van der Waals surface area (Å²) in [6, 6.07) is 0.266. The molecule has 0 spiro atoms. The second kappa shape index (κ2) is 10.2. The fraction of sp³-hybridized carbons (Fsp3) is 0.941. The van der Waals surface area contributed by atoms with Crippen LogP contribution in [0, 0.1) is 5.92 Å². The molecule has 0 saturated heterocycles. The maximum atomic E-state index is 12.0. The molecule has 0 aliphatic heterocycles. The van der Waals surface area contributed by atoms with Gasteiger partial charge in [0.15, 0.2) is 0 Å². The van der Waals surface area contributed by atoms with Crippen molar-refractivity contribution in [3.8, 4) is 0 Å². The smallest absolute Gasteiger partial charge is 0.325 e. The Morgan fingerprint density at radius 1 is 1.29 bits per heavy atom. The summed E-state index contributed by atoms with van der Waals surface area (Å²) in [6.07, 6.45) is 4.17. The number of nitrogens with zero attached hydrogens (tertiary/aromatic N) is 1. The first kappa shape index (κ1) is 20.4. The highest BCUT2D eigenvalue weighted by Gasteiger charge is 2.33. The molecule has 0 saturated carbocycles. The van der Waals surface area contributed by atoms with Crippen molar-refractivity contribution in [2.24, 2.45) is 5.92 Å². The van der Waals surface area contributed by atoms with E-state index in [9.17, 15) is 4.79 Å². The molecule has 1 N–H and O–H groups in total. The summed E-state index contributed by atoms with van der Waals surface area (Å²) in [5.74, 6) is 0.585. The highest BCUT2D eigenvalue weighted by molar-refractivity contribution is 5.80. The summed E-state index contributed by atoms with van der Waals surface area (Å²) in [6.45, 7) is 12.8. The number of ether oxygens (including phenoxy) is 1. The van der Waals surface area contributed by atoms with Crippen LogP contribution < -0.4 is 5.32 Å². The molecular weight excluding hydrogens is 264 g/mol. The van der Waals surface area contributed by atoms with E-state index in [1.165, 1.54) is 13.5 Å². The summed E-state index contributed by atoms with van der Waals surface area (Å²) >= 11 is 0. The Hall–Kier alpha value is -0.610. The molecule has 21 heavy (non-hydrogen) atoms. The number of nitrogens with one attached hydrogen (secondary N) is 1. The third kappa shape index (κ3) is 8.42. The van der Waals surface area contributed by atoms with Gasteiger partial charge in [-0.05, 0) is 59.5 Å². The first-order chi connectivity index (χ1) is 9.75. The summed E-state index contributed by atoms with van der Waals surface area (Å²) in [5.41, 5.74) is -0.571. The Morgan fingerprint density at radius 3 is 2.38 bits per heavy atom. The van der Waals surface area contributed by atoms with E-state index in [1.54, 1.807) is 0 Å². The van der Waals surface area contributed by atoms with Crippen molar-refractivity contribution < 1.29 is 9.53 Å². The molecule has 0 heterocycles. The molecule has 0 aliphatic carbocycles. The number of rotatable bonds is 11. The molecule has 0 amide bonds. The van der Waals surface area contributed by atoms with E-state index < -0.39 is 5.54 Å². The van der Waals surface area contributed by atoms with E-state index in [1.807, 2.05) is 6.92 Å². The highest BCUT2D eigenvalue weighted by atomic mass is 16.5. The minimum absolute atomic E-state index is 0.163. The average molecular weight is 300 g/mol. The number of methoxy groups -OCH3 is 1. The van der Waals surface area contributed by atoms with Crippen molar-refractivity contribution in [2.45, 2.75) is 71.9 Å². The molecule has 0 aromatic rings. The van der Waals surface area contributed by atoms with E-state index in [0.29, 0.717) is 0 Å². The van der Waals surface area contributed by atoms with Crippen molar-refractivity contribution in [1.29, 1.82) is 0 Å². The van der Waals surface area contributed by atoms with Crippen LogP contribution in [0.3, 0.4) is 0 Å². The quantitative estimate of drug-likeness (QED) is 0.470. The average Bonchev–Trinajstić information content (AvgIpc) is 2.41. The molecule has 0 aromatic heterocycles. The van der Waals surface area contributed by atoms with Gasteiger partial charge in [0.2, 0.25) is 0 Å². The van der Waals surface area contributed by atoms with Gasteiger partial charge in [-0.3, -0.25) is 10.1 Å². The Morgan fingerprint density at radius 2 is 1.90 bits per heavy atom. The molecule has 4 heteroatoms. The van der Waals surface area contributed by atoms with Gasteiger partial charge in [-0.1, -0.05) is 20.3 Å². The van der Waals surface area contributed by atoms with Crippen molar-refractivity contribution in [1.82, 2.24) is 10.2 Å². The first-order valence-electron chi connectivity index (χ1n) is 8.29. The summed E-state index contributed by atoms with van der Waals surface area (Å²) in [5, 5.41) is 3.35. The second-order valence-electron chi connectivity index (χ2n) is 6.86. The number of hydrogen-bond acceptors (Lipinski definition) is 4. The van der Waals surface area contributed by atoms with E-state index >= 15 is 0 Å². The van der Waals surface area contributed by atoms with Gasteiger partial charge in [-0.25, -0.2) is 0 Å². The largest absolute Gasteiger partial charge is 0.468 e. The van der Waals surface area contributed by atoms with Gasteiger partial charge in [0.1, 0.15) is 5.54 Å². The van der Waals surface area contributed by atoms with E-state index in [0.717, 1.165) is 38.3 Å². The standard InChI is InChI=1S/C17H36N2O2/c1-8-15(4)13-19(6)12-10-9-11-17(5,16(20)21-7)18-14(2)3/h14-15,18H,8-13H2,1-7H3. The fourth-order valence-corrected chi connectivity index (χ4v) is 2.71. The second-order valence-corrected chi connectivity index (χ2v) is 6.86. The van der Waals surface area contributed by atoms with E-state index in [2.05, 4.69) is 45.0 Å². The van der Waals surface area contributed by atoms with Crippen LogP contribution in [-0.2, 0) is 9.53 Å². The maximum absolute atomic E-state index is 12.0. The normalized spacial score (nSPS) is 16.0. The Kier molecular flexibility index (Phi) is 9.88. The van der Waals surface area contributed by atoms with Crippen molar-refractivity contribution in [2.75, 3.05) is 27.2 Å². The Bertz CT molecular complexity index is 295.